The topological polar surface area (TPSA) is 55.2 Å². The van der Waals surface area contributed by atoms with Gasteiger partial charge in [0.15, 0.2) is 5.16 Å². The minimum absolute atomic E-state index is 0.152. The number of hydrogen-bond donors (Lipinski definition) is 1. The predicted molar refractivity (Wildman–Crippen MR) is 78.6 cm³/mol. The highest BCUT2D eigenvalue weighted by molar-refractivity contribution is 7.98. The van der Waals surface area contributed by atoms with Crippen molar-refractivity contribution in [2.45, 2.75) is 10.9 Å². The van der Waals surface area contributed by atoms with Crippen LogP contribution in [0, 0.1) is 11.8 Å². The molecule has 1 N–H and O–H groups in total. The van der Waals surface area contributed by atoms with Crippen molar-refractivity contribution >= 4 is 11.8 Å². The fourth-order valence-electron chi connectivity index (χ4n) is 1.58. The van der Waals surface area contributed by atoms with Crippen molar-refractivity contribution in [3.05, 3.63) is 47.8 Å². The largest absolute Gasteiger partial charge is 0.497 e. The molecule has 20 heavy (non-hydrogen) atoms. The van der Waals surface area contributed by atoms with Crippen LogP contribution in [-0.4, -0.2) is 28.8 Å². The van der Waals surface area contributed by atoms with Gasteiger partial charge in [0, 0.05) is 23.7 Å². The summed E-state index contributed by atoms with van der Waals surface area (Å²) in [5.74, 6) is 7.08. The molecule has 0 unspecified atom stereocenters. The Morgan fingerprint density at radius 1 is 1.30 bits per heavy atom. The van der Waals surface area contributed by atoms with Crippen LogP contribution < -0.4 is 4.74 Å². The number of aliphatic hydroxyl groups is 1. The van der Waals surface area contributed by atoms with Crippen LogP contribution in [0.25, 0.3) is 0 Å². The average Bonchev–Trinajstić information content (AvgIpc) is 2.52. The van der Waals surface area contributed by atoms with Crippen molar-refractivity contribution in [1.82, 2.24) is 9.97 Å². The Bertz CT molecular complexity index is 621. The second-order valence-electron chi connectivity index (χ2n) is 3.80. The highest BCUT2D eigenvalue weighted by atomic mass is 32.2. The molecule has 0 saturated heterocycles. The lowest BCUT2D eigenvalue weighted by Crippen LogP contribution is -1.92. The molecule has 0 atom stereocenters. The van der Waals surface area contributed by atoms with Crippen LogP contribution in [0.5, 0.6) is 5.75 Å². The van der Waals surface area contributed by atoms with Gasteiger partial charge in [0.05, 0.1) is 7.11 Å². The number of benzene rings is 1. The molecular weight excluding hydrogens is 272 g/mol. The van der Waals surface area contributed by atoms with Crippen LogP contribution >= 0.6 is 11.8 Å². The number of aliphatic hydroxyl groups excluding tert-OH is 1. The molecule has 5 heteroatoms. The smallest absolute Gasteiger partial charge is 0.187 e. The molecule has 0 fully saturated rings. The van der Waals surface area contributed by atoms with E-state index in [0.717, 1.165) is 22.0 Å². The van der Waals surface area contributed by atoms with Crippen molar-refractivity contribution in [1.29, 1.82) is 0 Å². The van der Waals surface area contributed by atoms with Gasteiger partial charge in [-0.05, 0) is 29.8 Å². The fraction of sp³-hybridized carbons (Fsp3) is 0.200. The third-order valence-corrected chi connectivity index (χ3v) is 3.44. The minimum atomic E-state index is -0.152. The molecule has 0 saturated carbocycles. The van der Waals surface area contributed by atoms with E-state index in [-0.39, 0.29) is 6.61 Å². The van der Waals surface area contributed by atoms with Gasteiger partial charge in [0.1, 0.15) is 12.4 Å². The zero-order valence-corrected chi connectivity index (χ0v) is 11.9. The highest BCUT2D eigenvalue weighted by Crippen LogP contribution is 2.24. The van der Waals surface area contributed by atoms with Crippen molar-refractivity contribution in [3.63, 3.8) is 0 Å². The van der Waals surface area contributed by atoms with Crippen LogP contribution in [0.1, 0.15) is 11.1 Å². The predicted octanol–water partition coefficient (Wildman–Crippen LogP) is 2.12. The Labute approximate surface area is 122 Å². The van der Waals surface area contributed by atoms with E-state index >= 15 is 0 Å². The van der Waals surface area contributed by atoms with Crippen molar-refractivity contribution in [3.8, 4) is 17.6 Å². The van der Waals surface area contributed by atoms with E-state index in [1.54, 1.807) is 25.6 Å². The summed E-state index contributed by atoms with van der Waals surface area (Å²) in [4.78, 5) is 8.35. The monoisotopic (exact) mass is 286 g/mol. The van der Waals surface area contributed by atoms with Gasteiger partial charge in [-0.3, -0.25) is 0 Å². The van der Waals surface area contributed by atoms with E-state index in [0.29, 0.717) is 5.75 Å². The quantitative estimate of drug-likeness (QED) is 0.530. The first-order chi connectivity index (χ1) is 9.83. The van der Waals surface area contributed by atoms with Crippen LogP contribution in [0.3, 0.4) is 0 Å². The Morgan fingerprint density at radius 3 is 2.80 bits per heavy atom. The van der Waals surface area contributed by atoms with Crippen LogP contribution in [0.2, 0.25) is 0 Å². The zero-order chi connectivity index (χ0) is 14.2. The van der Waals surface area contributed by atoms with E-state index in [4.69, 9.17) is 9.84 Å². The molecule has 1 aromatic heterocycles. The third-order valence-electron chi connectivity index (χ3n) is 2.51. The first kappa shape index (κ1) is 14.4. The maximum Gasteiger partial charge on any atom is 0.187 e. The lowest BCUT2D eigenvalue weighted by molar-refractivity contribution is 0.350. The van der Waals surface area contributed by atoms with Crippen LogP contribution in [-0.2, 0) is 5.75 Å². The number of aromatic nitrogens is 2. The Hall–Kier alpha value is -2.03. The normalized spacial score (nSPS) is 9.70. The molecule has 0 spiro atoms. The van der Waals surface area contributed by atoms with Crippen LogP contribution in [0.15, 0.2) is 41.8 Å². The molecule has 4 nitrogen and oxygen atoms in total. The zero-order valence-electron chi connectivity index (χ0n) is 11.0. The summed E-state index contributed by atoms with van der Waals surface area (Å²) in [6, 6.07) is 7.48. The average molecular weight is 286 g/mol. The molecule has 0 radical (unpaired) electrons. The summed E-state index contributed by atoms with van der Waals surface area (Å²) in [7, 11) is 1.63. The van der Waals surface area contributed by atoms with E-state index in [9.17, 15) is 0 Å². The maximum absolute atomic E-state index is 8.80. The number of hydrogen-bond acceptors (Lipinski definition) is 5. The van der Waals surface area contributed by atoms with Crippen molar-refractivity contribution in [2.24, 2.45) is 0 Å². The Balaban J connectivity index is 2.19. The van der Waals surface area contributed by atoms with E-state index in [1.807, 2.05) is 18.2 Å². The van der Waals surface area contributed by atoms with Crippen molar-refractivity contribution < 1.29 is 9.84 Å². The summed E-state index contributed by atoms with van der Waals surface area (Å²) in [6.07, 6.45) is 3.43. The Kier molecular flexibility index (Phi) is 5.42. The summed E-state index contributed by atoms with van der Waals surface area (Å²) in [5, 5.41) is 9.52. The lowest BCUT2D eigenvalue weighted by Gasteiger charge is -2.07. The molecule has 0 aliphatic carbocycles. The first-order valence-electron chi connectivity index (χ1n) is 6.00. The molecule has 1 aromatic carbocycles. The molecule has 0 bridgehead atoms. The van der Waals surface area contributed by atoms with Crippen LogP contribution in [0.4, 0.5) is 0 Å². The number of ether oxygens (including phenoxy) is 1. The standard InChI is InChI=1S/C15H14N2O2S/c1-19-14-6-5-12(4-2-9-18)13(10-14)11-20-15-16-7-3-8-17-15/h3,5-8,10,18H,9,11H2,1H3. The Morgan fingerprint density at radius 2 is 2.10 bits per heavy atom. The number of thioether (sulfide) groups is 1. The molecule has 1 heterocycles. The molecule has 0 aliphatic heterocycles. The molecule has 0 aliphatic rings. The number of nitrogens with zero attached hydrogens (tertiary/aromatic N) is 2. The van der Waals surface area contributed by atoms with Gasteiger partial charge in [0.2, 0.25) is 0 Å². The summed E-state index contributed by atoms with van der Waals surface area (Å²) in [6.45, 7) is -0.152. The maximum atomic E-state index is 8.80. The van der Waals surface area contributed by atoms with Crippen molar-refractivity contribution in [2.75, 3.05) is 13.7 Å². The summed E-state index contributed by atoms with van der Waals surface area (Å²) >= 11 is 1.53. The van der Waals surface area contributed by atoms with E-state index in [2.05, 4.69) is 21.8 Å². The van der Waals surface area contributed by atoms with Gasteiger partial charge in [-0.25, -0.2) is 9.97 Å². The number of rotatable bonds is 4. The number of methoxy groups -OCH3 is 1. The van der Waals surface area contributed by atoms with Gasteiger partial charge in [-0.1, -0.05) is 23.6 Å². The third kappa shape index (κ3) is 3.98. The molecule has 2 rings (SSSR count). The van der Waals surface area contributed by atoms with Gasteiger partial charge in [-0.2, -0.15) is 0 Å². The molecule has 2 aromatic rings. The van der Waals surface area contributed by atoms with E-state index < -0.39 is 0 Å². The minimum Gasteiger partial charge on any atom is -0.497 e. The first-order valence-corrected chi connectivity index (χ1v) is 6.98. The molecule has 102 valence electrons. The second-order valence-corrected chi connectivity index (χ2v) is 4.75. The van der Waals surface area contributed by atoms with Gasteiger partial charge in [0.25, 0.3) is 0 Å². The molecular formula is C15H14N2O2S. The highest BCUT2D eigenvalue weighted by Gasteiger charge is 2.05. The molecule has 0 amide bonds. The SMILES string of the molecule is COc1ccc(C#CCO)c(CSc2ncccn2)c1. The van der Waals surface area contributed by atoms with Gasteiger partial charge < -0.3 is 9.84 Å². The summed E-state index contributed by atoms with van der Waals surface area (Å²) < 4.78 is 5.23. The van der Waals surface area contributed by atoms with Gasteiger partial charge in [-0.15, -0.1) is 0 Å². The fourth-order valence-corrected chi connectivity index (χ4v) is 2.37. The van der Waals surface area contributed by atoms with Gasteiger partial charge >= 0.3 is 0 Å². The summed E-state index contributed by atoms with van der Waals surface area (Å²) in [5.41, 5.74) is 1.91. The second kappa shape index (κ2) is 7.53. The van der Waals surface area contributed by atoms with E-state index in [1.165, 1.54) is 11.8 Å². The lowest BCUT2D eigenvalue weighted by atomic mass is 10.1.